The Morgan fingerprint density at radius 2 is 2.30 bits per heavy atom. The molecule has 0 radical (unpaired) electrons. The van der Waals surface area contributed by atoms with Crippen molar-refractivity contribution in [3.8, 4) is 0 Å². The van der Waals surface area contributed by atoms with E-state index in [0.717, 1.165) is 12.8 Å². The molecule has 1 amide bonds. The van der Waals surface area contributed by atoms with E-state index >= 15 is 0 Å². The fourth-order valence-electron chi connectivity index (χ4n) is 2.68. The van der Waals surface area contributed by atoms with Crippen LogP contribution in [-0.2, 0) is 20.8 Å². The number of amides is 1. The van der Waals surface area contributed by atoms with Crippen molar-refractivity contribution in [3.63, 3.8) is 0 Å². The lowest BCUT2D eigenvalue weighted by atomic mass is 10.0. The quantitative estimate of drug-likeness (QED) is 0.816. The van der Waals surface area contributed by atoms with Crippen molar-refractivity contribution in [3.05, 3.63) is 17.5 Å². The van der Waals surface area contributed by atoms with Crippen LogP contribution in [0.25, 0.3) is 0 Å². The molecule has 1 aromatic heterocycles. The molecule has 0 N–H and O–H groups in total. The molecule has 2 fully saturated rings. The number of aromatic nitrogens is 1. The third-order valence-corrected chi connectivity index (χ3v) is 3.58. The minimum Gasteiger partial charge on any atom is -0.377 e. The molecule has 2 aliphatic rings. The molecule has 0 saturated carbocycles. The van der Waals surface area contributed by atoms with Gasteiger partial charge in [-0.15, -0.1) is 0 Å². The van der Waals surface area contributed by atoms with Gasteiger partial charge >= 0.3 is 0 Å². The molecule has 20 heavy (non-hydrogen) atoms. The molecule has 7 heteroatoms. The van der Waals surface area contributed by atoms with Crippen LogP contribution in [0.2, 0.25) is 0 Å². The molecule has 0 bridgehead atoms. The van der Waals surface area contributed by atoms with Crippen LogP contribution in [0.4, 0.5) is 0 Å². The van der Waals surface area contributed by atoms with Crippen molar-refractivity contribution in [2.24, 2.45) is 0 Å². The van der Waals surface area contributed by atoms with E-state index in [1.165, 1.54) is 0 Å². The van der Waals surface area contributed by atoms with Crippen LogP contribution < -0.4 is 0 Å². The van der Waals surface area contributed by atoms with Crippen molar-refractivity contribution in [2.75, 3.05) is 33.4 Å². The van der Waals surface area contributed by atoms with Crippen molar-refractivity contribution in [1.29, 1.82) is 0 Å². The summed E-state index contributed by atoms with van der Waals surface area (Å²) in [5.74, 6) is -0.238. The SMILES string of the molecule is COCc1cc(C(=O)N2CCCC3(C2)OCCO3)no1. The second-order valence-corrected chi connectivity index (χ2v) is 5.05. The second-order valence-electron chi connectivity index (χ2n) is 5.05. The maximum atomic E-state index is 12.4. The van der Waals surface area contributed by atoms with Crippen LogP contribution in [0.3, 0.4) is 0 Å². The average Bonchev–Trinajstić information content (AvgIpc) is 3.09. The Morgan fingerprint density at radius 1 is 1.50 bits per heavy atom. The van der Waals surface area contributed by atoms with Gasteiger partial charge in [0.15, 0.2) is 17.2 Å². The zero-order valence-electron chi connectivity index (χ0n) is 11.5. The highest BCUT2D eigenvalue weighted by atomic mass is 16.7. The summed E-state index contributed by atoms with van der Waals surface area (Å²) in [4.78, 5) is 14.1. The zero-order chi connectivity index (χ0) is 14.0. The van der Waals surface area contributed by atoms with Gasteiger partial charge < -0.3 is 23.6 Å². The molecule has 1 spiro atoms. The third-order valence-electron chi connectivity index (χ3n) is 3.58. The summed E-state index contributed by atoms with van der Waals surface area (Å²) in [6.07, 6.45) is 1.68. The molecule has 0 atom stereocenters. The molecule has 0 aromatic carbocycles. The fourth-order valence-corrected chi connectivity index (χ4v) is 2.68. The Hall–Kier alpha value is -1.44. The number of rotatable bonds is 3. The summed E-state index contributed by atoms with van der Waals surface area (Å²) >= 11 is 0. The first-order valence-electron chi connectivity index (χ1n) is 6.74. The standard InChI is InChI=1S/C13H18N2O5/c1-17-8-10-7-11(14-20-10)12(16)15-4-2-3-13(9-15)18-5-6-19-13/h7H,2-6,8-9H2,1H3. The molecule has 0 aliphatic carbocycles. The number of piperidine rings is 1. The lowest BCUT2D eigenvalue weighted by Crippen LogP contribution is -2.51. The summed E-state index contributed by atoms with van der Waals surface area (Å²) in [5, 5.41) is 3.80. The van der Waals surface area contributed by atoms with E-state index in [0.29, 0.717) is 44.4 Å². The highest BCUT2D eigenvalue weighted by Crippen LogP contribution is 2.30. The van der Waals surface area contributed by atoms with Crippen molar-refractivity contribution >= 4 is 5.91 Å². The first-order valence-corrected chi connectivity index (χ1v) is 6.74. The second kappa shape index (κ2) is 5.51. The molecule has 3 heterocycles. The first-order chi connectivity index (χ1) is 9.72. The van der Waals surface area contributed by atoms with Gasteiger partial charge in [-0.05, 0) is 6.42 Å². The van der Waals surface area contributed by atoms with E-state index in [9.17, 15) is 4.79 Å². The maximum Gasteiger partial charge on any atom is 0.276 e. The molecule has 110 valence electrons. The van der Waals surface area contributed by atoms with E-state index < -0.39 is 5.79 Å². The Kier molecular flexibility index (Phi) is 3.73. The van der Waals surface area contributed by atoms with Crippen LogP contribution in [0.5, 0.6) is 0 Å². The fraction of sp³-hybridized carbons (Fsp3) is 0.692. The number of carbonyl (C=O) groups is 1. The van der Waals surface area contributed by atoms with Gasteiger partial charge in [0.25, 0.3) is 5.91 Å². The summed E-state index contributed by atoms with van der Waals surface area (Å²) in [5.41, 5.74) is 0.298. The highest BCUT2D eigenvalue weighted by Gasteiger charge is 2.42. The van der Waals surface area contributed by atoms with Crippen LogP contribution in [0, 0.1) is 0 Å². The average molecular weight is 282 g/mol. The number of likely N-dealkylation sites (tertiary alicyclic amines) is 1. The summed E-state index contributed by atoms with van der Waals surface area (Å²) in [6.45, 7) is 2.60. The number of ether oxygens (including phenoxy) is 3. The van der Waals surface area contributed by atoms with E-state index in [-0.39, 0.29) is 5.91 Å². The van der Waals surface area contributed by atoms with Gasteiger partial charge in [-0.2, -0.15) is 0 Å². The van der Waals surface area contributed by atoms with E-state index in [1.54, 1.807) is 18.1 Å². The van der Waals surface area contributed by atoms with Crippen molar-refractivity contribution < 1.29 is 23.5 Å². The summed E-state index contributed by atoms with van der Waals surface area (Å²) in [6, 6.07) is 1.61. The molecule has 3 rings (SSSR count). The molecular weight excluding hydrogens is 264 g/mol. The molecule has 0 unspecified atom stereocenters. The molecular formula is C13H18N2O5. The van der Waals surface area contributed by atoms with Gasteiger partial charge in [-0.25, -0.2) is 0 Å². The lowest BCUT2D eigenvalue weighted by Gasteiger charge is -2.38. The Labute approximate surface area is 116 Å². The summed E-state index contributed by atoms with van der Waals surface area (Å²) < 4.78 is 21.3. The predicted octanol–water partition coefficient (Wildman–Crippen LogP) is 0.800. The lowest BCUT2D eigenvalue weighted by molar-refractivity contribution is -0.183. The number of hydrogen-bond acceptors (Lipinski definition) is 6. The largest absolute Gasteiger partial charge is 0.377 e. The Balaban J connectivity index is 1.69. The minimum absolute atomic E-state index is 0.158. The van der Waals surface area contributed by atoms with Crippen LogP contribution in [0.15, 0.2) is 10.6 Å². The highest BCUT2D eigenvalue weighted by molar-refractivity contribution is 5.92. The molecule has 1 aromatic rings. The molecule has 2 saturated heterocycles. The smallest absolute Gasteiger partial charge is 0.276 e. The predicted molar refractivity (Wildman–Crippen MR) is 67.0 cm³/mol. The van der Waals surface area contributed by atoms with E-state index in [4.69, 9.17) is 18.7 Å². The monoisotopic (exact) mass is 282 g/mol. The number of hydrogen-bond donors (Lipinski definition) is 0. The van der Waals surface area contributed by atoms with Gasteiger partial charge in [-0.1, -0.05) is 5.16 Å². The van der Waals surface area contributed by atoms with Crippen LogP contribution in [-0.4, -0.2) is 55.2 Å². The van der Waals surface area contributed by atoms with Crippen LogP contribution >= 0.6 is 0 Å². The normalized spacial score (nSPS) is 21.6. The summed E-state index contributed by atoms with van der Waals surface area (Å²) in [7, 11) is 1.56. The van der Waals surface area contributed by atoms with Crippen molar-refractivity contribution in [1.82, 2.24) is 10.1 Å². The Morgan fingerprint density at radius 3 is 3.05 bits per heavy atom. The third kappa shape index (κ3) is 2.56. The van der Waals surface area contributed by atoms with Crippen LogP contribution in [0.1, 0.15) is 29.1 Å². The van der Waals surface area contributed by atoms with Gasteiger partial charge in [0.1, 0.15) is 6.61 Å². The van der Waals surface area contributed by atoms with E-state index in [1.807, 2.05) is 0 Å². The Bertz CT molecular complexity index is 481. The topological polar surface area (TPSA) is 74.0 Å². The maximum absolute atomic E-state index is 12.4. The molecule has 7 nitrogen and oxygen atoms in total. The zero-order valence-corrected chi connectivity index (χ0v) is 11.5. The van der Waals surface area contributed by atoms with Gasteiger partial charge in [0.05, 0.1) is 19.8 Å². The number of methoxy groups -OCH3 is 1. The minimum atomic E-state index is -0.618. The number of nitrogens with zero attached hydrogens (tertiary/aromatic N) is 2. The van der Waals surface area contributed by atoms with E-state index in [2.05, 4.69) is 5.16 Å². The first kappa shape index (κ1) is 13.5. The van der Waals surface area contributed by atoms with Gasteiger partial charge in [0.2, 0.25) is 0 Å². The van der Waals surface area contributed by atoms with Crippen molar-refractivity contribution in [2.45, 2.75) is 25.2 Å². The van der Waals surface area contributed by atoms with Gasteiger partial charge in [-0.3, -0.25) is 4.79 Å². The van der Waals surface area contributed by atoms with Gasteiger partial charge in [0, 0.05) is 26.1 Å². The number of carbonyl (C=O) groups excluding carboxylic acids is 1. The molecule has 2 aliphatic heterocycles.